The Hall–Kier alpha value is -3.56. The average Bonchev–Trinajstić information content (AvgIpc) is 1.63. The second-order valence-electron chi connectivity index (χ2n) is 31.2. The normalized spacial score (nSPS) is 22.5. The molecule has 0 saturated carbocycles. The monoisotopic (exact) mass is 1280 g/mol. The van der Waals surface area contributed by atoms with Gasteiger partial charge in [0.1, 0.15) is 42.4 Å². The molecule has 8 atom stereocenters. The summed E-state index contributed by atoms with van der Waals surface area (Å²) in [5.41, 5.74) is 0.0864. The first-order valence-corrected chi connectivity index (χ1v) is 45.2. The van der Waals surface area contributed by atoms with Gasteiger partial charge >= 0.3 is 5.69 Å². The molecule has 0 radical (unpaired) electrons. The van der Waals surface area contributed by atoms with Crippen molar-refractivity contribution in [2.24, 2.45) is 0 Å². The number of rotatable bonds is 24. The highest BCUT2D eigenvalue weighted by Gasteiger charge is 2.56. The highest BCUT2D eigenvalue weighted by molar-refractivity contribution is 6.76. The van der Waals surface area contributed by atoms with Gasteiger partial charge in [-0.3, -0.25) is 23.7 Å². The van der Waals surface area contributed by atoms with Gasteiger partial charge in [0, 0.05) is 37.4 Å². The number of carbonyl (C=O) groups excluding carboxylic acids is 1. The molecule has 0 aliphatic carbocycles. The van der Waals surface area contributed by atoms with Crippen LogP contribution in [-0.2, 0) is 47.5 Å². The number of nitrogens with one attached hydrogen (secondary N) is 3. The summed E-state index contributed by atoms with van der Waals surface area (Å²) in [6.07, 6.45) is -3.93. The molecule has 0 bridgehead atoms. The van der Waals surface area contributed by atoms with E-state index < -0.39 is 108 Å². The van der Waals surface area contributed by atoms with E-state index in [9.17, 15) is 14.4 Å². The molecule has 4 aromatic rings. The summed E-state index contributed by atoms with van der Waals surface area (Å²) in [4.78, 5) is 60.0. The molecule has 3 N–H and O–H groups in total. The Morgan fingerprint density at radius 1 is 0.628 bits per heavy atom. The van der Waals surface area contributed by atoms with Gasteiger partial charge in [-0.05, 0) is 103 Å². The number of amides is 1. The van der Waals surface area contributed by atoms with Crippen molar-refractivity contribution in [3.63, 3.8) is 0 Å². The number of methoxy groups -OCH3 is 1. The van der Waals surface area contributed by atoms with Gasteiger partial charge < -0.3 is 51.7 Å². The van der Waals surface area contributed by atoms with Gasteiger partial charge in [0.25, 0.3) is 11.5 Å². The van der Waals surface area contributed by atoms with Crippen molar-refractivity contribution in [2.45, 2.75) is 250 Å². The number of hydrogen-bond acceptors (Lipinski definition) is 16. The molecule has 2 fully saturated rings. The van der Waals surface area contributed by atoms with Crippen LogP contribution in [-0.4, -0.2) is 153 Å². The number of fused-ring (bicyclic) bond motifs is 1. The van der Waals surface area contributed by atoms with Crippen LogP contribution in [0.4, 0.5) is 11.8 Å². The van der Waals surface area contributed by atoms with Crippen molar-refractivity contribution in [3.05, 3.63) is 74.8 Å². The number of carbonyl (C=O) groups is 1. The summed E-state index contributed by atoms with van der Waals surface area (Å²) in [6.45, 7) is 56.3. The lowest BCUT2D eigenvalue weighted by molar-refractivity contribution is -0.0819. The Balaban J connectivity index is 1.45. The Morgan fingerprint density at radius 3 is 1.59 bits per heavy atom. The van der Waals surface area contributed by atoms with Gasteiger partial charge in [0.2, 0.25) is 5.95 Å². The number of H-pyrrole nitrogens is 1. The molecule has 1 amide bonds. The quantitative estimate of drug-likeness (QED) is 0.0438. The number of nitrogens with zero attached hydrogens (tertiary/aromatic N) is 5. The van der Waals surface area contributed by atoms with E-state index in [0.29, 0.717) is 11.3 Å². The van der Waals surface area contributed by atoms with Crippen LogP contribution in [0.15, 0.2) is 52.3 Å². The van der Waals surface area contributed by atoms with Gasteiger partial charge in [-0.25, -0.2) is 9.78 Å². The molecule has 3 aromatic heterocycles. The molecule has 5 heterocycles. The minimum atomic E-state index is -2.55. The van der Waals surface area contributed by atoms with E-state index >= 15 is 0 Å². The maximum atomic E-state index is 14.9. The number of hydrogen-bond donors (Lipinski definition) is 3. The molecule has 2 saturated heterocycles. The molecular formula is C61H108N8O12Si5. The Morgan fingerprint density at radius 2 is 1.10 bits per heavy atom. The van der Waals surface area contributed by atoms with Gasteiger partial charge in [0.15, 0.2) is 65.2 Å². The zero-order valence-electron chi connectivity index (χ0n) is 57.0. The van der Waals surface area contributed by atoms with Gasteiger partial charge in [0.05, 0.1) is 32.8 Å². The van der Waals surface area contributed by atoms with E-state index in [1.54, 1.807) is 48.3 Å². The van der Waals surface area contributed by atoms with Crippen LogP contribution >= 0.6 is 0 Å². The van der Waals surface area contributed by atoms with Crippen molar-refractivity contribution < 1.29 is 45.9 Å². The standard InChI is InChI=1S/C61H108N8O12Si5/c1-57(2,3)82(17,18)75-37-42-46(79-84(21,22)59(7,8)9)48(74-35-34-73-16)54(78-42)69-41(36-44(65-56(69)72)64-51(70)40-30-28-27-29-31-40)32-33-62-55-66-50-45(52(71)67-55)63-39-68(50)53-49(81-86(25,26)61(13,14)15)47(80-85(23,24)60(10,11)12)43(77-53)38-76-83(19,20)58(4,5)6/h27-31,36,39,42-43,46-49,53-54H,32-35,37-38H2,1-26H3,(H2,62,66,67,71)(H,64,65,70,72)/t42-,43-,46-,47-,48-,49-,53-,54-/m1/s1. The van der Waals surface area contributed by atoms with E-state index in [0.717, 1.165) is 0 Å². The second kappa shape index (κ2) is 26.3. The molecular weight excluding hydrogens is 1180 g/mol. The number of aromatic amines is 1. The van der Waals surface area contributed by atoms with E-state index in [-0.39, 0.29) is 87.5 Å². The third-order valence-corrected chi connectivity index (χ3v) is 42.1. The lowest BCUT2D eigenvalue weighted by Crippen LogP contribution is -2.54. The molecule has 6 rings (SSSR count). The minimum absolute atomic E-state index is 0.0450. The summed E-state index contributed by atoms with van der Waals surface area (Å²) < 4.78 is 65.8. The predicted octanol–water partition coefficient (Wildman–Crippen LogP) is 12.6. The number of imidazole rings is 1. The van der Waals surface area contributed by atoms with Gasteiger partial charge in [-0.1, -0.05) is 122 Å². The van der Waals surface area contributed by atoms with Crippen molar-refractivity contribution in [1.82, 2.24) is 29.1 Å². The SMILES string of the molecule is COCCO[C@@H]1[C@H](O[Si](C)(C)C(C)(C)C)[C@@H](CO[Si](C)(C)C(C)(C)C)O[C@H]1n1c(CCNc2nc3c(ncn3[C@@H]3O[C@H](CO[Si](C)(C)C(C)(C)C)[C@@H](O[Si](C)(C)C(C)(C)C)[C@H]3O[Si](C)(C)C(C)(C)C)c(=O)[nH]2)cc(NC(=O)c2ccccc2)nc1=O. The molecule has 484 valence electrons. The molecule has 2 aliphatic rings. The number of ether oxygens (including phenoxy) is 4. The van der Waals surface area contributed by atoms with E-state index in [1.165, 1.54) is 4.57 Å². The first kappa shape index (κ1) is 71.5. The summed E-state index contributed by atoms with van der Waals surface area (Å²) in [5, 5.41) is 5.56. The second-order valence-corrected chi connectivity index (χ2v) is 55.0. The molecule has 0 unspecified atom stereocenters. The summed E-state index contributed by atoms with van der Waals surface area (Å²) in [5.74, 6) is -0.242. The van der Waals surface area contributed by atoms with Gasteiger partial charge in [-0.2, -0.15) is 9.97 Å². The molecule has 20 nitrogen and oxygen atoms in total. The highest BCUT2D eigenvalue weighted by Crippen LogP contribution is 2.48. The Bertz CT molecular complexity index is 3060. The van der Waals surface area contributed by atoms with Crippen molar-refractivity contribution in [3.8, 4) is 0 Å². The Labute approximate surface area is 518 Å². The fourth-order valence-corrected chi connectivity index (χ4v) is 14.8. The summed E-state index contributed by atoms with van der Waals surface area (Å²) in [6, 6.07) is 10.4. The van der Waals surface area contributed by atoms with Crippen LogP contribution in [0.1, 0.15) is 132 Å². The number of aromatic nitrogens is 6. The van der Waals surface area contributed by atoms with Crippen molar-refractivity contribution >= 4 is 70.4 Å². The van der Waals surface area contributed by atoms with Gasteiger partial charge in [-0.15, -0.1) is 0 Å². The minimum Gasteiger partial charge on any atom is -0.414 e. The molecule has 0 spiro atoms. The highest BCUT2D eigenvalue weighted by atomic mass is 28.4. The lowest BCUT2D eigenvalue weighted by atomic mass is 10.1. The van der Waals surface area contributed by atoms with Crippen LogP contribution in [0.5, 0.6) is 0 Å². The number of anilines is 2. The fourth-order valence-electron chi connectivity index (χ4n) is 8.89. The predicted molar refractivity (Wildman–Crippen MR) is 355 cm³/mol. The molecule has 1 aromatic carbocycles. The fraction of sp³-hybridized carbons (Fsp3) is 0.738. The smallest absolute Gasteiger partial charge is 0.351 e. The third-order valence-electron chi connectivity index (χ3n) is 19.7. The van der Waals surface area contributed by atoms with Crippen molar-refractivity contribution in [1.29, 1.82) is 0 Å². The Kier molecular flexibility index (Phi) is 21.9. The van der Waals surface area contributed by atoms with Crippen LogP contribution in [0.3, 0.4) is 0 Å². The maximum Gasteiger partial charge on any atom is 0.351 e. The van der Waals surface area contributed by atoms with Crippen LogP contribution < -0.4 is 21.9 Å². The van der Waals surface area contributed by atoms with E-state index in [1.807, 2.05) is 6.07 Å². The lowest BCUT2D eigenvalue weighted by Gasteiger charge is -2.44. The number of benzene rings is 1. The third kappa shape index (κ3) is 16.3. The first-order chi connectivity index (χ1) is 39.2. The largest absolute Gasteiger partial charge is 0.414 e. The summed E-state index contributed by atoms with van der Waals surface area (Å²) in [7, 11) is -10.6. The molecule has 86 heavy (non-hydrogen) atoms. The van der Waals surface area contributed by atoms with Crippen LogP contribution in [0, 0.1) is 0 Å². The topological polar surface area (TPSA) is 223 Å². The zero-order valence-corrected chi connectivity index (χ0v) is 62.0. The van der Waals surface area contributed by atoms with Crippen LogP contribution in [0.25, 0.3) is 11.2 Å². The van der Waals surface area contributed by atoms with Crippen LogP contribution in [0.2, 0.25) is 90.7 Å². The van der Waals surface area contributed by atoms with E-state index in [2.05, 4.69) is 195 Å². The average molecular weight is 1290 g/mol. The van der Waals surface area contributed by atoms with Crippen molar-refractivity contribution in [2.75, 3.05) is 50.7 Å². The zero-order chi connectivity index (χ0) is 64.8. The summed E-state index contributed by atoms with van der Waals surface area (Å²) >= 11 is 0. The van der Waals surface area contributed by atoms with E-state index in [4.69, 9.17) is 46.1 Å². The maximum absolute atomic E-state index is 14.9. The first-order valence-electron chi connectivity index (χ1n) is 30.7. The molecule has 2 aliphatic heterocycles. The molecule has 25 heteroatoms.